The second kappa shape index (κ2) is 9.07. The van der Waals surface area contributed by atoms with E-state index in [4.69, 9.17) is 0 Å². The van der Waals surface area contributed by atoms with Crippen LogP contribution < -0.4 is 20.8 Å². The van der Waals surface area contributed by atoms with Crippen LogP contribution in [0, 0.1) is 6.92 Å². The Morgan fingerprint density at radius 1 is 1.09 bits per heavy atom. The molecule has 0 bridgehead atoms. The molecule has 33 heavy (non-hydrogen) atoms. The van der Waals surface area contributed by atoms with Crippen LogP contribution in [0.5, 0.6) is 0 Å². The highest BCUT2D eigenvalue weighted by molar-refractivity contribution is 7.09. The SMILES string of the molecule is Cc1ccc(N2CCN(c3nccn4c(=O)n(CC(=O)NCc5cccs5)nc34)CC2)cc1. The second-order valence-electron chi connectivity index (χ2n) is 8.05. The molecule has 9 nitrogen and oxygen atoms in total. The summed E-state index contributed by atoms with van der Waals surface area (Å²) < 4.78 is 2.66. The van der Waals surface area contributed by atoms with Crippen LogP contribution in [0.15, 0.2) is 59.0 Å². The second-order valence-corrected chi connectivity index (χ2v) is 9.08. The van der Waals surface area contributed by atoms with Gasteiger partial charge >= 0.3 is 5.69 Å². The van der Waals surface area contributed by atoms with Crippen molar-refractivity contribution in [2.24, 2.45) is 0 Å². The van der Waals surface area contributed by atoms with Crippen LogP contribution in [0.4, 0.5) is 11.5 Å². The molecule has 1 saturated heterocycles. The van der Waals surface area contributed by atoms with Gasteiger partial charge in [-0.1, -0.05) is 23.8 Å². The molecule has 1 N–H and O–H groups in total. The highest BCUT2D eigenvalue weighted by Gasteiger charge is 2.22. The largest absolute Gasteiger partial charge is 0.368 e. The monoisotopic (exact) mass is 463 g/mol. The van der Waals surface area contributed by atoms with Gasteiger partial charge in [0.25, 0.3) is 0 Å². The van der Waals surface area contributed by atoms with E-state index < -0.39 is 0 Å². The quantitative estimate of drug-likeness (QED) is 0.470. The summed E-state index contributed by atoms with van der Waals surface area (Å²) in [6, 6.07) is 12.4. The number of thiophene rings is 1. The Bertz CT molecular complexity index is 1300. The number of piperazine rings is 1. The number of aromatic nitrogens is 4. The van der Waals surface area contributed by atoms with E-state index in [2.05, 4.69) is 56.4 Å². The average molecular weight is 464 g/mol. The molecule has 0 unspecified atom stereocenters. The minimum absolute atomic E-state index is 0.132. The predicted octanol–water partition coefficient (Wildman–Crippen LogP) is 1.90. The molecule has 3 aromatic heterocycles. The van der Waals surface area contributed by atoms with Crippen molar-refractivity contribution in [2.45, 2.75) is 20.0 Å². The van der Waals surface area contributed by atoms with Crippen molar-refractivity contribution >= 4 is 34.4 Å². The zero-order valence-corrected chi connectivity index (χ0v) is 19.2. The Kier molecular flexibility index (Phi) is 5.82. The van der Waals surface area contributed by atoms with Gasteiger partial charge in [0, 0.05) is 49.1 Å². The van der Waals surface area contributed by atoms with E-state index in [0.717, 1.165) is 31.1 Å². The van der Waals surface area contributed by atoms with Gasteiger partial charge < -0.3 is 15.1 Å². The molecule has 0 radical (unpaired) electrons. The Morgan fingerprint density at radius 3 is 2.58 bits per heavy atom. The summed E-state index contributed by atoms with van der Waals surface area (Å²) in [5.74, 6) is 0.408. The molecule has 0 saturated carbocycles. The van der Waals surface area contributed by atoms with E-state index in [9.17, 15) is 9.59 Å². The van der Waals surface area contributed by atoms with Crippen LogP contribution in [0.25, 0.3) is 5.65 Å². The maximum atomic E-state index is 12.8. The number of hydrogen-bond acceptors (Lipinski definition) is 7. The Hall–Kier alpha value is -3.66. The van der Waals surface area contributed by atoms with Crippen LogP contribution in [0.1, 0.15) is 10.4 Å². The summed E-state index contributed by atoms with van der Waals surface area (Å²) in [7, 11) is 0. The van der Waals surface area contributed by atoms with E-state index in [1.807, 2.05) is 17.5 Å². The first kappa shape index (κ1) is 21.2. The highest BCUT2D eigenvalue weighted by Crippen LogP contribution is 2.21. The van der Waals surface area contributed by atoms with Gasteiger partial charge in [-0.05, 0) is 30.5 Å². The topological polar surface area (TPSA) is 87.8 Å². The van der Waals surface area contributed by atoms with Crippen molar-refractivity contribution in [1.29, 1.82) is 0 Å². The smallest absolute Gasteiger partial charge is 0.350 e. The maximum Gasteiger partial charge on any atom is 0.350 e. The summed E-state index contributed by atoms with van der Waals surface area (Å²) >= 11 is 1.57. The molecule has 4 aromatic rings. The summed E-state index contributed by atoms with van der Waals surface area (Å²) in [5.41, 5.74) is 2.57. The molecule has 0 atom stereocenters. The average Bonchev–Trinajstić information content (AvgIpc) is 3.47. The van der Waals surface area contributed by atoms with Crippen LogP contribution in [-0.4, -0.2) is 51.3 Å². The normalized spacial score (nSPS) is 14.1. The first-order chi connectivity index (χ1) is 16.1. The number of anilines is 2. The summed E-state index contributed by atoms with van der Waals surface area (Å²) in [4.78, 5) is 35.3. The molecular formula is C23H25N7O2S. The molecule has 1 aliphatic heterocycles. The summed E-state index contributed by atoms with van der Waals surface area (Å²) in [6.45, 7) is 5.63. The zero-order chi connectivity index (χ0) is 22.8. The highest BCUT2D eigenvalue weighted by atomic mass is 32.1. The number of hydrogen-bond donors (Lipinski definition) is 1. The lowest BCUT2D eigenvalue weighted by atomic mass is 10.2. The van der Waals surface area contributed by atoms with Gasteiger partial charge in [0.05, 0.1) is 6.54 Å². The molecule has 1 aliphatic rings. The lowest BCUT2D eigenvalue weighted by molar-refractivity contribution is -0.122. The minimum Gasteiger partial charge on any atom is -0.368 e. The van der Waals surface area contributed by atoms with E-state index in [-0.39, 0.29) is 18.1 Å². The minimum atomic E-state index is -0.349. The number of carbonyl (C=O) groups is 1. The number of aryl methyl sites for hydroxylation is 1. The number of benzene rings is 1. The molecule has 0 aliphatic carbocycles. The molecule has 1 fully saturated rings. The third-order valence-electron chi connectivity index (χ3n) is 5.79. The number of rotatable bonds is 6. The molecular weight excluding hydrogens is 438 g/mol. The number of nitrogens with zero attached hydrogens (tertiary/aromatic N) is 6. The van der Waals surface area contributed by atoms with Crippen LogP contribution in [0.3, 0.4) is 0 Å². The van der Waals surface area contributed by atoms with Gasteiger partial charge in [0.15, 0.2) is 5.82 Å². The van der Waals surface area contributed by atoms with Crippen molar-refractivity contribution in [3.8, 4) is 0 Å². The van der Waals surface area contributed by atoms with Crippen molar-refractivity contribution in [1.82, 2.24) is 24.5 Å². The Labute approximate surface area is 194 Å². The van der Waals surface area contributed by atoms with Crippen molar-refractivity contribution < 1.29 is 4.79 Å². The van der Waals surface area contributed by atoms with Crippen LogP contribution in [0.2, 0.25) is 0 Å². The fourth-order valence-electron chi connectivity index (χ4n) is 3.98. The van der Waals surface area contributed by atoms with Gasteiger partial charge in [-0.25, -0.2) is 18.9 Å². The molecule has 170 valence electrons. The number of fused-ring (bicyclic) bond motifs is 1. The first-order valence-corrected chi connectivity index (χ1v) is 11.8. The van der Waals surface area contributed by atoms with Crippen LogP contribution in [-0.2, 0) is 17.9 Å². The summed E-state index contributed by atoms with van der Waals surface area (Å²) in [5, 5.41) is 9.25. The van der Waals surface area contributed by atoms with Crippen molar-refractivity contribution in [3.63, 3.8) is 0 Å². The van der Waals surface area contributed by atoms with Crippen molar-refractivity contribution in [3.05, 3.63) is 75.1 Å². The lowest BCUT2D eigenvalue weighted by Gasteiger charge is -2.36. The predicted molar refractivity (Wildman–Crippen MR) is 129 cm³/mol. The number of carbonyl (C=O) groups excluding carboxylic acids is 1. The number of nitrogens with one attached hydrogen (secondary N) is 1. The Morgan fingerprint density at radius 2 is 1.85 bits per heavy atom. The van der Waals surface area contributed by atoms with Crippen LogP contribution >= 0.6 is 11.3 Å². The molecule has 1 amide bonds. The van der Waals surface area contributed by atoms with E-state index >= 15 is 0 Å². The molecule has 4 heterocycles. The van der Waals surface area contributed by atoms with Gasteiger partial charge in [0.1, 0.15) is 6.54 Å². The van der Waals surface area contributed by atoms with Gasteiger partial charge in [-0.15, -0.1) is 16.4 Å². The zero-order valence-electron chi connectivity index (χ0n) is 18.3. The standard InChI is InChI=1S/C23H25N7O2S/c1-17-4-6-18(7-5-17)27-10-12-28(13-11-27)21-22-26-30(23(32)29(22)9-8-24-21)16-20(31)25-15-19-3-2-14-33-19/h2-9,14H,10-13,15-16H2,1H3,(H,25,31). The lowest BCUT2D eigenvalue weighted by Crippen LogP contribution is -2.47. The van der Waals surface area contributed by atoms with Gasteiger partial charge in [0.2, 0.25) is 11.6 Å². The molecule has 10 heteroatoms. The fraction of sp³-hybridized carbons (Fsp3) is 0.304. The third-order valence-corrected chi connectivity index (χ3v) is 6.67. The molecule has 1 aromatic carbocycles. The van der Waals surface area contributed by atoms with E-state index in [1.54, 1.807) is 23.7 Å². The maximum absolute atomic E-state index is 12.8. The van der Waals surface area contributed by atoms with E-state index in [1.165, 1.54) is 20.3 Å². The van der Waals surface area contributed by atoms with Gasteiger partial charge in [-0.2, -0.15) is 0 Å². The van der Waals surface area contributed by atoms with E-state index in [0.29, 0.717) is 18.0 Å². The Balaban J connectivity index is 1.30. The van der Waals surface area contributed by atoms with Crippen molar-refractivity contribution in [2.75, 3.05) is 36.0 Å². The first-order valence-electron chi connectivity index (χ1n) is 10.9. The summed E-state index contributed by atoms with van der Waals surface area (Å²) in [6.07, 6.45) is 3.20. The third kappa shape index (κ3) is 4.47. The van der Waals surface area contributed by atoms with Gasteiger partial charge in [-0.3, -0.25) is 4.79 Å². The molecule has 0 spiro atoms. The number of amides is 1. The molecule has 5 rings (SSSR count). The fourth-order valence-corrected chi connectivity index (χ4v) is 4.63.